The van der Waals surface area contributed by atoms with Gasteiger partial charge in [0.15, 0.2) is 0 Å². The molecule has 1 rings (SSSR count). The minimum absolute atomic E-state index is 0.163. The SMILES string of the molecule is CCCNC(CS(=O)C(C)(C)C)c1ccc(C(C)C)cc1. The van der Waals surface area contributed by atoms with E-state index >= 15 is 0 Å². The van der Waals surface area contributed by atoms with Crippen molar-refractivity contribution >= 4 is 10.8 Å². The highest BCUT2D eigenvalue weighted by Crippen LogP contribution is 2.22. The first-order chi connectivity index (χ1) is 9.75. The van der Waals surface area contributed by atoms with Gasteiger partial charge in [-0.2, -0.15) is 0 Å². The fourth-order valence-electron chi connectivity index (χ4n) is 2.11. The van der Waals surface area contributed by atoms with Crippen molar-refractivity contribution in [3.05, 3.63) is 35.4 Å². The van der Waals surface area contributed by atoms with Gasteiger partial charge in [0.2, 0.25) is 0 Å². The van der Waals surface area contributed by atoms with E-state index in [-0.39, 0.29) is 10.8 Å². The van der Waals surface area contributed by atoms with Gasteiger partial charge < -0.3 is 5.32 Å². The minimum Gasteiger partial charge on any atom is -0.309 e. The topological polar surface area (TPSA) is 29.1 Å². The summed E-state index contributed by atoms with van der Waals surface area (Å²) >= 11 is 0. The predicted molar refractivity (Wildman–Crippen MR) is 94.3 cm³/mol. The second-order valence-electron chi connectivity index (χ2n) is 6.95. The zero-order valence-electron chi connectivity index (χ0n) is 14.4. The van der Waals surface area contributed by atoms with E-state index < -0.39 is 10.8 Å². The van der Waals surface area contributed by atoms with Crippen LogP contribution in [0.4, 0.5) is 0 Å². The predicted octanol–water partition coefficient (Wildman–Crippen LogP) is 4.40. The summed E-state index contributed by atoms with van der Waals surface area (Å²) in [5, 5.41) is 3.54. The molecule has 0 saturated carbocycles. The van der Waals surface area contributed by atoms with Crippen molar-refractivity contribution in [1.29, 1.82) is 0 Å². The molecule has 0 aliphatic rings. The Bertz CT molecular complexity index is 445. The van der Waals surface area contributed by atoms with Crippen molar-refractivity contribution in [2.75, 3.05) is 12.3 Å². The molecular formula is C18H31NOS. The molecule has 2 unspecified atom stereocenters. The lowest BCUT2D eigenvalue weighted by molar-refractivity contribution is 0.562. The van der Waals surface area contributed by atoms with E-state index in [1.165, 1.54) is 11.1 Å². The van der Waals surface area contributed by atoms with Crippen molar-refractivity contribution in [3.63, 3.8) is 0 Å². The molecule has 21 heavy (non-hydrogen) atoms. The van der Waals surface area contributed by atoms with E-state index in [0.717, 1.165) is 13.0 Å². The first-order valence-electron chi connectivity index (χ1n) is 7.97. The molecule has 0 radical (unpaired) electrons. The maximum absolute atomic E-state index is 12.5. The second-order valence-corrected chi connectivity index (χ2v) is 9.20. The molecule has 0 aliphatic heterocycles. The van der Waals surface area contributed by atoms with Crippen molar-refractivity contribution in [2.45, 2.75) is 64.7 Å². The zero-order chi connectivity index (χ0) is 16.0. The van der Waals surface area contributed by atoms with E-state index in [0.29, 0.717) is 11.7 Å². The molecule has 0 saturated heterocycles. The highest BCUT2D eigenvalue weighted by atomic mass is 32.2. The summed E-state index contributed by atoms with van der Waals surface area (Å²) in [5.41, 5.74) is 2.59. The Labute approximate surface area is 133 Å². The third-order valence-electron chi connectivity index (χ3n) is 3.65. The number of hydrogen-bond donors (Lipinski definition) is 1. The summed E-state index contributed by atoms with van der Waals surface area (Å²) in [6.07, 6.45) is 1.09. The molecule has 0 amide bonds. The lowest BCUT2D eigenvalue weighted by Gasteiger charge is -2.24. The van der Waals surface area contributed by atoms with Gasteiger partial charge >= 0.3 is 0 Å². The van der Waals surface area contributed by atoms with Gasteiger partial charge in [-0.15, -0.1) is 0 Å². The van der Waals surface area contributed by atoms with Crippen LogP contribution < -0.4 is 5.32 Å². The summed E-state index contributed by atoms with van der Waals surface area (Å²) < 4.78 is 12.3. The Morgan fingerprint density at radius 2 is 1.62 bits per heavy atom. The summed E-state index contributed by atoms with van der Waals surface area (Å²) in [5.74, 6) is 1.22. The third kappa shape index (κ3) is 5.91. The molecule has 0 fully saturated rings. The Morgan fingerprint density at radius 1 is 1.10 bits per heavy atom. The lowest BCUT2D eigenvalue weighted by Crippen LogP contribution is -2.33. The van der Waals surface area contributed by atoms with Crippen LogP contribution in [0.25, 0.3) is 0 Å². The van der Waals surface area contributed by atoms with E-state index in [9.17, 15) is 4.21 Å². The monoisotopic (exact) mass is 309 g/mol. The summed E-state index contributed by atoms with van der Waals surface area (Å²) in [7, 11) is -0.848. The van der Waals surface area contributed by atoms with Crippen LogP contribution in [0.1, 0.15) is 71.0 Å². The van der Waals surface area contributed by atoms with E-state index in [1.807, 2.05) is 20.8 Å². The van der Waals surface area contributed by atoms with Gasteiger partial charge in [0.25, 0.3) is 0 Å². The standard InChI is InChI=1S/C18H31NOS/c1-7-12-19-17(13-21(20)18(4,5)6)16-10-8-15(9-11-16)14(2)3/h8-11,14,17,19H,7,12-13H2,1-6H3. The van der Waals surface area contributed by atoms with Crippen LogP contribution in [0, 0.1) is 0 Å². The third-order valence-corrected chi connectivity index (χ3v) is 5.65. The smallest absolute Gasteiger partial charge is 0.0437 e. The molecule has 0 aromatic heterocycles. The van der Waals surface area contributed by atoms with Gasteiger partial charge in [0, 0.05) is 27.3 Å². The largest absolute Gasteiger partial charge is 0.309 e. The van der Waals surface area contributed by atoms with E-state index in [1.54, 1.807) is 0 Å². The van der Waals surface area contributed by atoms with Gasteiger partial charge in [0.05, 0.1) is 0 Å². The van der Waals surface area contributed by atoms with Crippen LogP contribution in [0.3, 0.4) is 0 Å². The lowest BCUT2D eigenvalue weighted by atomic mass is 9.99. The molecule has 0 spiro atoms. The number of benzene rings is 1. The number of hydrogen-bond acceptors (Lipinski definition) is 2. The van der Waals surface area contributed by atoms with Crippen LogP contribution in [0.2, 0.25) is 0 Å². The van der Waals surface area contributed by atoms with Gasteiger partial charge in [-0.25, -0.2) is 0 Å². The average molecular weight is 310 g/mol. The second kappa shape index (κ2) is 8.09. The molecule has 1 aromatic rings. The first-order valence-corrected chi connectivity index (χ1v) is 9.29. The quantitative estimate of drug-likeness (QED) is 0.809. The molecule has 1 aromatic carbocycles. The number of rotatable bonds is 7. The zero-order valence-corrected chi connectivity index (χ0v) is 15.2. The van der Waals surface area contributed by atoms with Gasteiger partial charge in [-0.05, 0) is 50.8 Å². The van der Waals surface area contributed by atoms with Crippen LogP contribution >= 0.6 is 0 Å². The fourth-order valence-corrected chi connectivity index (χ4v) is 3.22. The van der Waals surface area contributed by atoms with Crippen molar-refractivity contribution in [1.82, 2.24) is 5.32 Å². The van der Waals surface area contributed by atoms with Gasteiger partial charge in [-0.3, -0.25) is 4.21 Å². The van der Waals surface area contributed by atoms with E-state index in [2.05, 4.69) is 50.4 Å². The van der Waals surface area contributed by atoms with Crippen LogP contribution in [0.5, 0.6) is 0 Å². The van der Waals surface area contributed by atoms with Crippen molar-refractivity contribution < 1.29 is 4.21 Å². The van der Waals surface area contributed by atoms with E-state index in [4.69, 9.17) is 0 Å². The molecule has 0 aliphatic carbocycles. The van der Waals surface area contributed by atoms with Crippen LogP contribution in [-0.2, 0) is 10.8 Å². The summed E-state index contributed by atoms with van der Waals surface area (Å²) in [6, 6.07) is 8.93. The Hall–Kier alpha value is -0.670. The maximum atomic E-state index is 12.5. The fraction of sp³-hybridized carbons (Fsp3) is 0.667. The normalized spacial score (nSPS) is 15.2. The molecule has 0 heterocycles. The Kier molecular flexibility index (Phi) is 7.08. The highest BCUT2D eigenvalue weighted by molar-refractivity contribution is 7.86. The van der Waals surface area contributed by atoms with Gasteiger partial charge in [-0.1, -0.05) is 45.0 Å². The molecule has 120 valence electrons. The highest BCUT2D eigenvalue weighted by Gasteiger charge is 2.23. The maximum Gasteiger partial charge on any atom is 0.0437 e. The molecule has 1 N–H and O–H groups in total. The molecule has 0 bridgehead atoms. The Balaban J connectivity index is 2.88. The summed E-state index contributed by atoms with van der Waals surface area (Å²) in [6.45, 7) is 13.7. The summed E-state index contributed by atoms with van der Waals surface area (Å²) in [4.78, 5) is 0. The van der Waals surface area contributed by atoms with Crippen molar-refractivity contribution in [3.8, 4) is 0 Å². The Morgan fingerprint density at radius 3 is 2.05 bits per heavy atom. The van der Waals surface area contributed by atoms with Crippen molar-refractivity contribution in [2.24, 2.45) is 0 Å². The molecular weight excluding hydrogens is 278 g/mol. The van der Waals surface area contributed by atoms with Crippen LogP contribution in [0.15, 0.2) is 24.3 Å². The minimum atomic E-state index is -0.848. The average Bonchev–Trinajstić information content (AvgIpc) is 2.42. The first kappa shape index (κ1) is 18.4. The van der Waals surface area contributed by atoms with Crippen LogP contribution in [-0.4, -0.2) is 21.3 Å². The molecule has 3 heteroatoms. The van der Waals surface area contributed by atoms with Gasteiger partial charge in [0.1, 0.15) is 0 Å². The molecule has 2 atom stereocenters. The number of nitrogens with one attached hydrogen (secondary N) is 1. The molecule has 2 nitrogen and oxygen atoms in total.